The highest BCUT2D eigenvalue weighted by atomic mass is 79.9. The predicted molar refractivity (Wildman–Crippen MR) is 132 cm³/mol. The molecule has 0 spiro atoms. The van der Waals surface area contributed by atoms with Crippen molar-refractivity contribution in [3.05, 3.63) is 51.1 Å². The van der Waals surface area contributed by atoms with Crippen LogP contribution in [-0.2, 0) is 15.7 Å². The second kappa shape index (κ2) is 10.8. The summed E-state index contributed by atoms with van der Waals surface area (Å²) in [6.45, 7) is 11.0. The normalized spacial score (nSPS) is 13.1. The first kappa shape index (κ1) is 29.7. The molecule has 0 aliphatic carbocycles. The lowest BCUT2D eigenvalue weighted by Gasteiger charge is -2.29. The van der Waals surface area contributed by atoms with E-state index in [2.05, 4.69) is 20.9 Å². The van der Waals surface area contributed by atoms with Gasteiger partial charge in [-0.3, -0.25) is 0 Å². The van der Waals surface area contributed by atoms with Gasteiger partial charge in [0.2, 0.25) is 0 Å². The van der Waals surface area contributed by atoms with Crippen molar-refractivity contribution in [1.82, 2.24) is 4.98 Å². The van der Waals surface area contributed by atoms with Crippen molar-refractivity contribution in [1.29, 1.82) is 0 Å². The van der Waals surface area contributed by atoms with Gasteiger partial charge >= 0.3 is 18.4 Å². The van der Waals surface area contributed by atoms with E-state index in [1.54, 1.807) is 41.5 Å². The van der Waals surface area contributed by atoms with E-state index < -0.39 is 41.2 Å². The molecule has 36 heavy (non-hydrogen) atoms. The molecule has 0 aliphatic rings. The molecule has 0 aliphatic heterocycles. The van der Waals surface area contributed by atoms with E-state index in [0.29, 0.717) is 9.37 Å². The Morgan fingerprint density at radius 3 is 2.00 bits per heavy atom. The standard InChI is InChI=1S/C24H27BrClF3N2O5/c1-13(16-11-15(26)8-9-17(16)24(27,28)29)34-18-10-14(25)12-30-19(18)31(20(32)35-22(2,3)4)21(33)36-23(5,6)7/h8-13H,1-7H3/t13-/m0/s1. The first-order valence-electron chi connectivity index (χ1n) is 10.7. The average Bonchev–Trinajstić information content (AvgIpc) is 2.66. The Labute approximate surface area is 221 Å². The van der Waals surface area contributed by atoms with E-state index in [9.17, 15) is 22.8 Å². The Kier molecular flexibility index (Phi) is 8.94. The predicted octanol–water partition coefficient (Wildman–Crippen LogP) is 8.33. The molecule has 1 atom stereocenters. The van der Waals surface area contributed by atoms with Crippen molar-refractivity contribution < 1.29 is 37.0 Å². The van der Waals surface area contributed by atoms with Crippen LogP contribution in [0.15, 0.2) is 34.9 Å². The molecule has 0 bridgehead atoms. The lowest BCUT2D eigenvalue weighted by Crippen LogP contribution is -2.44. The molecule has 1 heterocycles. The van der Waals surface area contributed by atoms with E-state index >= 15 is 0 Å². The zero-order valence-corrected chi connectivity index (χ0v) is 23.1. The Morgan fingerprint density at radius 2 is 1.53 bits per heavy atom. The van der Waals surface area contributed by atoms with Crippen LogP contribution in [-0.4, -0.2) is 28.4 Å². The van der Waals surface area contributed by atoms with Gasteiger partial charge in [0, 0.05) is 21.3 Å². The molecular formula is C24H27BrClF3N2O5. The Bertz CT molecular complexity index is 1100. The molecule has 2 amide bonds. The Hall–Kier alpha value is -2.53. The van der Waals surface area contributed by atoms with Gasteiger partial charge in [-0.05, 0) is 88.7 Å². The molecule has 1 aromatic carbocycles. The number of hydrogen-bond acceptors (Lipinski definition) is 6. The molecule has 0 saturated heterocycles. The third-order valence-corrected chi connectivity index (χ3v) is 4.89. The maximum atomic E-state index is 13.6. The van der Waals surface area contributed by atoms with E-state index in [-0.39, 0.29) is 22.2 Å². The van der Waals surface area contributed by atoms with Crippen LogP contribution >= 0.6 is 27.5 Å². The summed E-state index contributed by atoms with van der Waals surface area (Å²) in [6, 6.07) is 4.47. The number of hydrogen-bond donors (Lipinski definition) is 0. The first-order chi connectivity index (χ1) is 16.3. The van der Waals surface area contributed by atoms with Crippen LogP contribution in [0.4, 0.5) is 28.6 Å². The van der Waals surface area contributed by atoms with E-state index in [0.717, 1.165) is 18.2 Å². The van der Waals surface area contributed by atoms with Crippen molar-refractivity contribution in [2.24, 2.45) is 0 Å². The van der Waals surface area contributed by atoms with Gasteiger partial charge in [-0.25, -0.2) is 14.6 Å². The quantitative estimate of drug-likeness (QED) is 0.354. The van der Waals surface area contributed by atoms with Crippen LogP contribution in [0.3, 0.4) is 0 Å². The van der Waals surface area contributed by atoms with Gasteiger partial charge in [0.1, 0.15) is 17.3 Å². The molecule has 7 nitrogen and oxygen atoms in total. The third kappa shape index (κ3) is 8.26. The van der Waals surface area contributed by atoms with Crippen molar-refractivity contribution in [3.63, 3.8) is 0 Å². The van der Waals surface area contributed by atoms with Crippen LogP contribution in [0.5, 0.6) is 5.75 Å². The summed E-state index contributed by atoms with van der Waals surface area (Å²) in [4.78, 5) is 30.7. The smallest absolute Gasteiger partial charge is 0.425 e. The minimum Gasteiger partial charge on any atom is -0.482 e. The van der Waals surface area contributed by atoms with Gasteiger partial charge in [-0.15, -0.1) is 0 Å². The zero-order chi connectivity index (χ0) is 27.6. The number of amides is 2. The van der Waals surface area contributed by atoms with Crippen molar-refractivity contribution >= 4 is 45.5 Å². The first-order valence-corrected chi connectivity index (χ1v) is 11.9. The number of imide groups is 1. The van der Waals surface area contributed by atoms with E-state index in [1.165, 1.54) is 19.2 Å². The Balaban J connectivity index is 2.60. The van der Waals surface area contributed by atoms with Crippen LogP contribution in [0, 0.1) is 0 Å². The van der Waals surface area contributed by atoms with Gasteiger partial charge in [0.25, 0.3) is 0 Å². The number of ether oxygens (including phenoxy) is 3. The maximum absolute atomic E-state index is 13.6. The summed E-state index contributed by atoms with van der Waals surface area (Å²) in [5.74, 6) is -0.508. The van der Waals surface area contributed by atoms with Crippen LogP contribution < -0.4 is 9.64 Å². The fraction of sp³-hybridized carbons (Fsp3) is 0.458. The second-order valence-corrected chi connectivity index (χ2v) is 11.1. The number of rotatable bonds is 4. The molecular weight excluding hydrogens is 569 g/mol. The largest absolute Gasteiger partial charge is 0.482 e. The molecule has 0 N–H and O–H groups in total. The highest BCUT2D eigenvalue weighted by molar-refractivity contribution is 9.10. The van der Waals surface area contributed by atoms with Crippen LogP contribution in [0.2, 0.25) is 5.02 Å². The van der Waals surface area contributed by atoms with Crippen molar-refractivity contribution in [3.8, 4) is 5.75 Å². The maximum Gasteiger partial charge on any atom is 0.425 e. The topological polar surface area (TPSA) is 78.0 Å². The number of halogens is 5. The summed E-state index contributed by atoms with van der Waals surface area (Å²) in [7, 11) is 0. The SMILES string of the molecule is C[C@H](Oc1cc(Br)cnc1N(C(=O)OC(C)(C)C)C(=O)OC(C)(C)C)c1cc(Cl)ccc1C(F)(F)F. The number of benzene rings is 1. The molecule has 1 aromatic heterocycles. The molecule has 0 radical (unpaired) electrons. The summed E-state index contributed by atoms with van der Waals surface area (Å²) in [5, 5.41) is 0.0742. The lowest BCUT2D eigenvalue weighted by molar-refractivity contribution is -0.138. The third-order valence-electron chi connectivity index (χ3n) is 4.22. The number of anilines is 1. The molecule has 12 heteroatoms. The highest BCUT2D eigenvalue weighted by Crippen LogP contribution is 2.39. The monoisotopic (exact) mass is 594 g/mol. The Morgan fingerprint density at radius 1 is 1.00 bits per heavy atom. The summed E-state index contributed by atoms with van der Waals surface area (Å²) in [5.41, 5.74) is -3.16. The molecule has 2 aromatic rings. The molecule has 2 rings (SSSR count). The van der Waals surface area contributed by atoms with Crippen molar-refractivity contribution in [2.75, 3.05) is 4.90 Å². The average molecular weight is 596 g/mol. The van der Waals surface area contributed by atoms with Gasteiger partial charge in [0.05, 0.1) is 5.56 Å². The molecule has 0 unspecified atom stereocenters. The van der Waals surface area contributed by atoms with Gasteiger partial charge in [-0.2, -0.15) is 18.1 Å². The number of alkyl halides is 3. The molecule has 0 saturated carbocycles. The number of pyridine rings is 1. The van der Waals surface area contributed by atoms with Crippen LogP contribution in [0.1, 0.15) is 65.7 Å². The van der Waals surface area contributed by atoms with Gasteiger partial charge in [-0.1, -0.05) is 11.6 Å². The highest BCUT2D eigenvalue weighted by Gasteiger charge is 2.38. The molecule has 198 valence electrons. The lowest BCUT2D eigenvalue weighted by atomic mass is 10.0. The number of carbonyl (C=O) groups excluding carboxylic acids is 2. The second-order valence-electron chi connectivity index (χ2n) is 9.76. The fourth-order valence-corrected chi connectivity index (χ4v) is 3.40. The number of aromatic nitrogens is 1. The molecule has 0 fully saturated rings. The van der Waals surface area contributed by atoms with E-state index in [4.69, 9.17) is 25.8 Å². The minimum absolute atomic E-state index is 0.0742. The minimum atomic E-state index is -4.67. The van der Waals surface area contributed by atoms with Gasteiger partial charge < -0.3 is 14.2 Å². The zero-order valence-electron chi connectivity index (χ0n) is 20.8. The summed E-state index contributed by atoms with van der Waals surface area (Å²) < 4.78 is 57.8. The number of carbonyl (C=O) groups is 2. The van der Waals surface area contributed by atoms with Gasteiger partial charge in [0.15, 0.2) is 11.6 Å². The fourth-order valence-electron chi connectivity index (χ4n) is 2.91. The summed E-state index contributed by atoms with van der Waals surface area (Å²) >= 11 is 9.18. The van der Waals surface area contributed by atoms with Crippen LogP contribution in [0.25, 0.3) is 0 Å². The van der Waals surface area contributed by atoms with Crippen molar-refractivity contribution in [2.45, 2.75) is 71.9 Å². The summed E-state index contributed by atoms with van der Waals surface area (Å²) in [6.07, 6.45) is -6.82. The number of nitrogens with zero attached hydrogens (tertiary/aromatic N) is 2. The van der Waals surface area contributed by atoms with E-state index in [1.807, 2.05) is 0 Å².